The summed E-state index contributed by atoms with van der Waals surface area (Å²) in [5.41, 5.74) is 0. The van der Waals surface area contributed by atoms with Crippen molar-refractivity contribution in [3.63, 3.8) is 0 Å². The number of aliphatic hydroxyl groups is 1. The molecular weight excluding hydrogens is 1410 g/mol. The number of carbonyl (C=O) groups is 4. The van der Waals surface area contributed by atoms with Gasteiger partial charge in [-0.2, -0.15) is 0 Å². The zero-order valence-electron chi connectivity index (χ0n) is 71.9. The van der Waals surface area contributed by atoms with E-state index in [1.165, 1.54) is 302 Å². The van der Waals surface area contributed by atoms with Gasteiger partial charge >= 0.3 is 39.5 Å². The van der Waals surface area contributed by atoms with Crippen LogP contribution in [0.15, 0.2) is 0 Å². The van der Waals surface area contributed by atoms with Crippen molar-refractivity contribution in [3.05, 3.63) is 0 Å². The molecule has 19 heteroatoms. The highest BCUT2D eigenvalue weighted by molar-refractivity contribution is 7.47. The van der Waals surface area contributed by atoms with E-state index in [0.29, 0.717) is 25.7 Å². The van der Waals surface area contributed by atoms with Crippen LogP contribution in [0.2, 0.25) is 0 Å². The fraction of sp³-hybridized carbons (Fsp3) is 0.956. The summed E-state index contributed by atoms with van der Waals surface area (Å²) >= 11 is 0. The number of ether oxygens (including phenoxy) is 4. The first-order valence-electron chi connectivity index (χ1n) is 46.5. The van der Waals surface area contributed by atoms with Crippen molar-refractivity contribution in [3.8, 4) is 0 Å². The molecule has 109 heavy (non-hydrogen) atoms. The number of hydrogen-bond acceptors (Lipinski definition) is 15. The summed E-state index contributed by atoms with van der Waals surface area (Å²) in [7, 11) is -9.93. The Morgan fingerprint density at radius 1 is 0.266 bits per heavy atom. The van der Waals surface area contributed by atoms with Gasteiger partial charge < -0.3 is 33.8 Å². The molecule has 0 saturated heterocycles. The first kappa shape index (κ1) is 107. The topological polar surface area (TPSA) is 237 Å². The lowest BCUT2D eigenvalue weighted by Crippen LogP contribution is -2.30. The van der Waals surface area contributed by atoms with Gasteiger partial charge in [-0.3, -0.25) is 37.3 Å². The maximum absolute atomic E-state index is 13.2. The summed E-state index contributed by atoms with van der Waals surface area (Å²) in [6.07, 6.45) is 74.9. The number of rotatable bonds is 89. The molecule has 648 valence electrons. The number of phosphoric ester groups is 2. The molecule has 0 rings (SSSR count). The van der Waals surface area contributed by atoms with E-state index in [2.05, 4.69) is 41.5 Å². The number of esters is 4. The van der Waals surface area contributed by atoms with Crippen molar-refractivity contribution in [1.29, 1.82) is 0 Å². The van der Waals surface area contributed by atoms with E-state index in [4.69, 9.17) is 37.0 Å². The molecule has 3 unspecified atom stereocenters. The van der Waals surface area contributed by atoms with E-state index < -0.39 is 97.5 Å². The van der Waals surface area contributed by atoms with Crippen LogP contribution in [0.25, 0.3) is 0 Å². The molecule has 0 radical (unpaired) electrons. The van der Waals surface area contributed by atoms with Gasteiger partial charge in [0, 0.05) is 25.7 Å². The maximum atomic E-state index is 13.2. The average Bonchev–Trinajstić information content (AvgIpc) is 0.899. The lowest BCUT2D eigenvalue weighted by Gasteiger charge is -2.21. The Labute approximate surface area is 670 Å². The number of carbonyl (C=O) groups excluding carboxylic acids is 4. The molecule has 0 aromatic heterocycles. The number of aliphatic hydroxyl groups excluding tert-OH is 1. The summed E-state index contributed by atoms with van der Waals surface area (Å²) in [6.45, 7) is 9.80. The second-order valence-electron chi connectivity index (χ2n) is 33.1. The van der Waals surface area contributed by atoms with Crippen molar-refractivity contribution < 1.29 is 80.2 Å². The monoisotopic (exact) mass is 1590 g/mol. The molecule has 0 aliphatic heterocycles. The van der Waals surface area contributed by atoms with E-state index in [0.717, 1.165) is 102 Å². The summed E-state index contributed by atoms with van der Waals surface area (Å²) in [4.78, 5) is 73.3. The molecule has 0 aromatic rings. The quantitative estimate of drug-likeness (QED) is 0.0222. The van der Waals surface area contributed by atoms with Crippen molar-refractivity contribution >= 4 is 39.5 Å². The summed E-state index contributed by atoms with van der Waals surface area (Å²) in [5.74, 6) is -0.401. The lowest BCUT2D eigenvalue weighted by atomic mass is 9.99. The number of phosphoric acid groups is 2. The van der Waals surface area contributed by atoms with Gasteiger partial charge in [0.05, 0.1) is 26.4 Å². The Morgan fingerprint density at radius 3 is 0.697 bits per heavy atom. The van der Waals surface area contributed by atoms with E-state index in [-0.39, 0.29) is 25.7 Å². The molecule has 0 aliphatic carbocycles. The minimum atomic E-state index is -4.97. The number of unbranched alkanes of at least 4 members (excludes halogenated alkanes) is 58. The molecular formula is C90H176O17P2. The zero-order valence-corrected chi connectivity index (χ0v) is 73.7. The van der Waals surface area contributed by atoms with Crippen molar-refractivity contribution in [1.82, 2.24) is 0 Å². The Bertz CT molecular complexity index is 2080. The van der Waals surface area contributed by atoms with Crippen LogP contribution in [0, 0.1) is 11.8 Å². The van der Waals surface area contributed by atoms with Crippen LogP contribution in [0.5, 0.6) is 0 Å². The third-order valence-corrected chi connectivity index (χ3v) is 23.5. The van der Waals surface area contributed by atoms with Gasteiger partial charge in [-0.1, -0.05) is 433 Å². The minimum Gasteiger partial charge on any atom is -0.462 e. The second-order valence-corrected chi connectivity index (χ2v) is 36.0. The van der Waals surface area contributed by atoms with E-state index >= 15 is 0 Å². The molecule has 0 aliphatic rings. The summed E-state index contributed by atoms with van der Waals surface area (Å²) < 4.78 is 69.0. The van der Waals surface area contributed by atoms with E-state index in [1.54, 1.807) is 0 Å². The normalized spacial score (nSPS) is 14.0. The molecule has 0 spiro atoms. The minimum absolute atomic E-state index is 0.109. The van der Waals surface area contributed by atoms with Crippen LogP contribution in [-0.4, -0.2) is 96.7 Å². The molecule has 0 bridgehead atoms. The van der Waals surface area contributed by atoms with Crippen LogP contribution < -0.4 is 0 Å². The lowest BCUT2D eigenvalue weighted by molar-refractivity contribution is -0.161. The largest absolute Gasteiger partial charge is 0.472 e. The van der Waals surface area contributed by atoms with Gasteiger partial charge in [-0.15, -0.1) is 0 Å². The first-order valence-corrected chi connectivity index (χ1v) is 49.5. The maximum Gasteiger partial charge on any atom is 0.472 e. The third-order valence-electron chi connectivity index (χ3n) is 21.6. The fourth-order valence-electron chi connectivity index (χ4n) is 14.1. The van der Waals surface area contributed by atoms with Gasteiger partial charge in [-0.25, -0.2) is 9.13 Å². The summed E-state index contributed by atoms with van der Waals surface area (Å²) in [5, 5.41) is 10.7. The highest BCUT2D eigenvalue weighted by Gasteiger charge is 2.31. The second kappa shape index (κ2) is 81.2. The Balaban J connectivity index is 5.22. The molecule has 6 atom stereocenters. The molecule has 0 fully saturated rings. The highest BCUT2D eigenvalue weighted by atomic mass is 31.2. The van der Waals surface area contributed by atoms with E-state index in [1.807, 2.05) is 0 Å². The Kier molecular flexibility index (Phi) is 79.8. The predicted molar refractivity (Wildman–Crippen MR) is 451 cm³/mol. The highest BCUT2D eigenvalue weighted by Crippen LogP contribution is 2.45. The molecule has 0 heterocycles. The van der Waals surface area contributed by atoms with Crippen molar-refractivity contribution in [2.75, 3.05) is 39.6 Å². The Hall–Kier alpha value is -1.94. The van der Waals surface area contributed by atoms with Crippen LogP contribution >= 0.6 is 15.6 Å². The molecule has 17 nitrogen and oxygen atoms in total. The number of hydrogen-bond donors (Lipinski definition) is 3. The van der Waals surface area contributed by atoms with Crippen LogP contribution in [0.1, 0.15) is 485 Å². The van der Waals surface area contributed by atoms with Crippen LogP contribution in [0.4, 0.5) is 0 Å². The van der Waals surface area contributed by atoms with Crippen molar-refractivity contribution in [2.45, 2.75) is 503 Å². The van der Waals surface area contributed by atoms with E-state index in [9.17, 15) is 43.2 Å². The smallest absolute Gasteiger partial charge is 0.462 e. The molecule has 3 N–H and O–H groups in total. The van der Waals surface area contributed by atoms with Gasteiger partial charge in [0.25, 0.3) is 0 Å². The molecule has 0 amide bonds. The SMILES string of the molecule is CCCCCCCCCCCCCCCCCC(=O)O[C@H](COC(=O)CCCCCCCCCCCCC)COP(=O)(O)OC[C@H](O)COP(=O)(O)OC[C@@H](COC(=O)CCCCCCCCCCCCCCCCCCCCC(C)C)OC(=O)CCCCCCCCCCCCCCCCCCCCC(C)CC. The van der Waals surface area contributed by atoms with Crippen LogP contribution in [0.3, 0.4) is 0 Å². The fourth-order valence-corrected chi connectivity index (χ4v) is 15.7. The third kappa shape index (κ3) is 82.4. The van der Waals surface area contributed by atoms with Gasteiger partial charge in [0.2, 0.25) is 0 Å². The van der Waals surface area contributed by atoms with Crippen molar-refractivity contribution in [2.24, 2.45) is 11.8 Å². The standard InChI is InChI=1S/C90H176O17P2/c1-7-10-12-14-16-18-20-21-30-38-44-50-56-62-68-74-89(94)106-85(78-100-87(92)72-66-60-54-48-40-19-17-15-13-11-8-2)80-104-108(96,97)102-76-84(91)77-103-109(98,99)105-81-86(79-101-88(93)73-67-61-55-49-43-37-33-28-24-22-26-31-35-41-46-52-58-64-70-82(4)5)107-90(95)75-69-63-57-51-45-39-34-29-25-23-27-32-36-42-47-53-59-65-71-83(6)9-3/h82-86,91H,7-81H2,1-6H3,(H,96,97)(H,98,99)/t83?,84-,85+,86+/m0/s1. The predicted octanol–water partition coefficient (Wildman–Crippen LogP) is 27.8. The summed E-state index contributed by atoms with van der Waals surface area (Å²) in [6, 6.07) is 0. The Morgan fingerprint density at radius 2 is 0.468 bits per heavy atom. The zero-order chi connectivity index (χ0) is 79.9. The van der Waals surface area contributed by atoms with Gasteiger partial charge in [-0.05, 0) is 37.5 Å². The van der Waals surface area contributed by atoms with Gasteiger partial charge in [0.15, 0.2) is 12.2 Å². The average molecular weight is 1590 g/mol. The van der Waals surface area contributed by atoms with Gasteiger partial charge in [0.1, 0.15) is 19.3 Å². The molecule has 0 aromatic carbocycles. The molecule has 0 saturated carbocycles. The van der Waals surface area contributed by atoms with Crippen LogP contribution in [-0.2, 0) is 65.4 Å². The first-order chi connectivity index (χ1) is 52.9.